The van der Waals surface area contributed by atoms with Crippen LogP contribution in [0.4, 0.5) is 5.82 Å². The van der Waals surface area contributed by atoms with Crippen LogP contribution >= 0.6 is 0 Å². The zero-order valence-electron chi connectivity index (χ0n) is 10.4. The minimum atomic E-state index is -0.501. The molecule has 1 heterocycles. The van der Waals surface area contributed by atoms with Crippen molar-refractivity contribution in [2.24, 2.45) is 0 Å². The minimum absolute atomic E-state index is 0.0984. The molecule has 15 heavy (non-hydrogen) atoms. The Bertz CT molecular complexity index is 269. The standard InChI is InChI=1S/C6H9N3O2.2C2H6/c1-5(2)8-4-3-6(7-8)9(10)11;2*1-2/h3-5H,1-2H3;2*1-2H3. The van der Waals surface area contributed by atoms with E-state index in [1.54, 1.807) is 10.9 Å². The molecule has 0 unspecified atom stereocenters. The van der Waals surface area contributed by atoms with Gasteiger partial charge in [0.2, 0.25) is 0 Å². The molecule has 5 heteroatoms. The molecule has 0 saturated heterocycles. The molecule has 0 N–H and O–H groups in total. The van der Waals surface area contributed by atoms with Gasteiger partial charge in [0.1, 0.15) is 0 Å². The van der Waals surface area contributed by atoms with Crippen molar-refractivity contribution in [1.82, 2.24) is 9.78 Å². The molecular formula is C10H21N3O2. The first kappa shape index (κ1) is 16.1. The third kappa shape index (κ3) is 5.83. The second-order valence-electron chi connectivity index (χ2n) is 2.50. The Labute approximate surface area is 91.3 Å². The van der Waals surface area contributed by atoms with Gasteiger partial charge < -0.3 is 10.1 Å². The van der Waals surface area contributed by atoms with Crippen molar-refractivity contribution in [2.45, 2.75) is 47.6 Å². The third-order valence-electron chi connectivity index (χ3n) is 1.31. The Morgan fingerprint density at radius 1 is 1.33 bits per heavy atom. The minimum Gasteiger partial charge on any atom is -0.358 e. The van der Waals surface area contributed by atoms with Crippen LogP contribution in [0.15, 0.2) is 12.3 Å². The summed E-state index contributed by atoms with van der Waals surface area (Å²) in [6.45, 7) is 11.8. The van der Waals surface area contributed by atoms with Crippen LogP contribution in [0.5, 0.6) is 0 Å². The average Bonchev–Trinajstić information content (AvgIpc) is 2.73. The highest BCUT2D eigenvalue weighted by molar-refractivity contribution is 5.14. The Morgan fingerprint density at radius 2 is 1.80 bits per heavy atom. The topological polar surface area (TPSA) is 61.0 Å². The first-order valence-electron chi connectivity index (χ1n) is 5.31. The van der Waals surface area contributed by atoms with Gasteiger partial charge in [0.05, 0.1) is 23.4 Å². The van der Waals surface area contributed by atoms with Crippen molar-refractivity contribution in [2.75, 3.05) is 0 Å². The lowest BCUT2D eigenvalue weighted by molar-refractivity contribution is -0.389. The highest BCUT2D eigenvalue weighted by Gasteiger charge is 2.11. The van der Waals surface area contributed by atoms with Crippen LogP contribution in [0.1, 0.15) is 47.6 Å². The van der Waals surface area contributed by atoms with Crippen LogP contribution in [-0.2, 0) is 0 Å². The Morgan fingerprint density at radius 3 is 2.00 bits per heavy atom. The van der Waals surface area contributed by atoms with Gasteiger partial charge in [-0.1, -0.05) is 27.7 Å². The van der Waals surface area contributed by atoms with Crippen molar-refractivity contribution in [3.05, 3.63) is 22.4 Å². The quantitative estimate of drug-likeness (QED) is 0.561. The number of hydrogen-bond donors (Lipinski definition) is 0. The summed E-state index contributed by atoms with van der Waals surface area (Å²) in [5.74, 6) is -0.0984. The SMILES string of the molecule is CC.CC.CC(C)n1ccc([N+](=O)[O-])n1. The van der Waals surface area contributed by atoms with Crippen LogP contribution in [0, 0.1) is 10.1 Å². The Hall–Kier alpha value is -1.39. The molecule has 0 amide bonds. The summed E-state index contributed by atoms with van der Waals surface area (Å²) >= 11 is 0. The number of nitro groups is 1. The van der Waals surface area contributed by atoms with E-state index in [1.807, 2.05) is 41.5 Å². The van der Waals surface area contributed by atoms with E-state index < -0.39 is 4.92 Å². The van der Waals surface area contributed by atoms with Gasteiger partial charge in [-0.3, -0.25) is 0 Å². The van der Waals surface area contributed by atoms with Gasteiger partial charge in [-0.15, -0.1) is 0 Å². The Kier molecular flexibility index (Phi) is 9.82. The molecule has 0 radical (unpaired) electrons. The summed E-state index contributed by atoms with van der Waals surface area (Å²) in [7, 11) is 0. The molecule has 0 fully saturated rings. The van der Waals surface area contributed by atoms with Crippen LogP contribution in [0.3, 0.4) is 0 Å². The number of hydrogen-bond acceptors (Lipinski definition) is 3. The lowest BCUT2D eigenvalue weighted by Gasteiger charge is -1.96. The van der Waals surface area contributed by atoms with E-state index in [4.69, 9.17) is 0 Å². The average molecular weight is 215 g/mol. The lowest BCUT2D eigenvalue weighted by atomic mass is 10.4. The molecular weight excluding hydrogens is 194 g/mol. The van der Waals surface area contributed by atoms with E-state index in [-0.39, 0.29) is 11.9 Å². The highest BCUT2D eigenvalue weighted by atomic mass is 16.6. The van der Waals surface area contributed by atoms with Crippen molar-refractivity contribution in [3.8, 4) is 0 Å². The van der Waals surface area contributed by atoms with E-state index in [0.717, 1.165) is 0 Å². The summed E-state index contributed by atoms with van der Waals surface area (Å²) in [5.41, 5.74) is 0. The van der Waals surface area contributed by atoms with Crippen LogP contribution < -0.4 is 0 Å². The van der Waals surface area contributed by atoms with Crippen molar-refractivity contribution in [1.29, 1.82) is 0 Å². The normalized spacial score (nSPS) is 8.47. The molecule has 0 aliphatic rings. The van der Waals surface area contributed by atoms with Crippen molar-refractivity contribution < 1.29 is 4.92 Å². The van der Waals surface area contributed by atoms with Gasteiger partial charge in [0.25, 0.3) is 0 Å². The highest BCUT2D eigenvalue weighted by Crippen LogP contribution is 2.09. The molecule has 0 saturated carbocycles. The molecule has 0 spiro atoms. The predicted molar refractivity (Wildman–Crippen MR) is 62.0 cm³/mol. The largest absolute Gasteiger partial charge is 0.389 e. The first-order valence-corrected chi connectivity index (χ1v) is 5.31. The fraction of sp³-hybridized carbons (Fsp3) is 0.700. The van der Waals surface area contributed by atoms with Gasteiger partial charge >= 0.3 is 5.82 Å². The summed E-state index contributed by atoms with van der Waals surface area (Å²) in [6.07, 6.45) is 1.60. The summed E-state index contributed by atoms with van der Waals surface area (Å²) in [5, 5.41) is 13.9. The number of nitrogens with zero attached hydrogens (tertiary/aromatic N) is 3. The second-order valence-corrected chi connectivity index (χ2v) is 2.50. The molecule has 5 nitrogen and oxygen atoms in total. The van der Waals surface area contributed by atoms with Gasteiger partial charge in [0, 0.05) is 0 Å². The Balaban J connectivity index is 0. The number of rotatable bonds is 2. The maximum Gasteiger partial charge on any atom is 0.389 e. The van der Waals surface area contributed by atoms with E-state index in [1.165, 1.54) is 6.07 Å². The molecule has 0 bridgehead atoms. The molecule has 1 aromatic heterocycles. The lowest BCUT2D eigenvalue weighted by Crippen LogP contribution is -2.01. The molecule has 0 aliphatic heterocycles. The summed E-state index contributed by atoms with van der Waals surface area (Å²) in [6, 6.07) is 1.56. The van der Waals surface area contributed by atoms with E-state index in [9.17, 15) is 10.1 Å². The summed E-state index contributed by atoms with van der Waals surface area (Å²) in [4.78, 5) is 9.67. The molecule has 0 aromatic carbocycles. The van der Waals surface area contributed by atoms with Crippen molar-refractivity contribution in [3.63, 3.8) is 0 Å². The maximum atomic E-state index is 10.2. The third-order valence-corrected chi connectivity index (χ3v) is 1.31. The zero-order valence-corrected chi connectivity index (χ0v) is 10.4. The van der Waals surface area contributed by atoms with Gasteiger partial charge in [-0.25, -0.2) is 0 Å². The summed E-state index contributed by atoms with van der Waals surface area (Å²) < 4.78 is 1.55. The van der Waals surface area contributed by atoms with Crippen molar-refractivity contribution >= 4 is 5.82 Å². The van der Waals surface area contributed by atoms with E-state index in [2.05, 4.69) is 5.10 Å². The molecule has 0 aliphatic carbocycles. The zero-order chi connectivity index (χ0) is 12.4. The van der Waals surface area contributed by atoms with Gasteiger partial charge in [0.15, 0.2) is 0 Å². The van der Waals surface area contributed by atoms with Crippen LogP contribution in [0.25, 0.3) is 0 Å². The van der Waals surface area contributed by atoms with Gasteiger partial charge in [-0.05, 0) is 18.8 Å². The van der Waals surface area contributed by atoms with Crippen LogP contribution in [0.2, 0.25) is 0 Å². The fourth-order valence-corrected chi connectivity index (χ4v) is 0.713. The molecule has 1 rings (SSSR count). The monoisotopic (exact) mass is 215 g/mol. The molecule has 1 aromatic rings. The van der Waals surface area contributed by atoms with Gasteiger partial charge in [-0.2, -0.15) is 4.68 Å². The fourth-order valence-electron chi connectivity index (χ4n) is 0.713. The smallest absolute Gasteiger partial charge is 0.358 e. The van der Waals surface area contributed by atoms with E-state index in [0.29, 0.717) is 0 Å². The predicted octanol–water partition coefficient (Wildman–Crippen LogP) is 3.42. The second kappa shape index (κ2) is 9.18. The molecule has 88 valence electrons. The first-order chi connectivity index (χ1) is 7.11. The van der Waals surface area contributed by atoms with E-state index >= 15 is 0 Å². The number of aromatic nitrogens is 2. The van der Waals surface area contributed by atoms with Crippen LogP contribution in [-0.4, -0.2) is 14.7 Å². The molecule has 0 atom stereocenters. The maximum absolute atomic E-state index is 10.2.